The van der Waals surface area contributed by atoms with E-state index in [2.05, 4.69) is 0 Å². The number of hydrogen-bond donors (Lipinski definition) is 2. The molecular formula is C14H28N2O2. The Labute approximate surface area is 111 Å². The Hall–Kier alpha value is -0.610. The number of nitrogens with zero attached hydrogens (tertiary/aromatic N) is 1. The van der Waals surface area contributed by atoms with Crippen molar-refractivity contribution in [2.75, 3.05) is 13.2 Å². The Morgan fingerprint density at radius 2 is 2.17 bits per heavy atom. The van der Waals surface area contributed by atoms with Crippen LogP contribution in [0.4, 0.5) is 0 Å². The summed E-state index contributed by atoms with van der Waals surface area (Å²) in [6.45, 7) is 4.47. The van der Waals surface area contributed by atoms with E-state index in [1.54, 1.807) is 4.90 Å². The van der Waals surface area contributed by atoms with Gasteiger partial charge in [0.25, 0.3) is 0 Å². The van der Waals surface area contributed by atoms with Gasteiger partial charge in [-0.15, -0.1) is 0 Å². The van der Waals surface area contributed by atoms with Gasteiger partial charge in [-0.2, -0.15) is 0 Å². The summed E-state index contributed by atoms with van der Waals surface area (Å²) in [6, 6.07) is 0.496. The maximum atomic E-state index is 12.1. The van der Waals surface area contributed by atoms with E-state index >= 15 is 0 Å². The molecule has 1 saturated carbocycles. The fraction of sp³-hybridized carbons (Fsp3) is 0.929. The molecule has 2 unspecified atom stereocenters. The van der Waals surface area contributed by atoms with E-state index in [1.807, 2.05) is 13.8 Å². The molecule has 1 fully saturated rings. The second kappa shape index (κ2) is 7.74. The summed E-state index contributed by atoms with van der Waals surface area (Å²) in [5, 5.41) is 8.98. The van der Waals surface area contributed by atoms with Crippen LogP contribution in [0.15, 0.2) is 0 Å². The van der Waals surface area contributed by atoms with Crippen LogP contribution >= 0.6 is 0 Å². The van der Waals surface area contributed by atoms with Gasteiger partial charge in [-0.1, -0.05) is 12.8 Å². The van der Waals surface area contributed by atoms with Crippen LogP contribution in [0.1, 0.15) is 52.4 Å². The molecule has 4 nitrogen and oxygen atoms in total. The number of carbonyl (C=O) groups excluding carboxylic acids is 1. The summed E-state index contributed by atoms with van der Waals surface area (Å²) < 4.78 is 0. The summed E-state index contributed by atoms with van der Waals surface area (Å²) in [5.41, 5.74) is 5.96. The SMILES string of the molecule is CC(C)N(CCO)C(=O)CCC1CCCC(N)C1. The third kappa shape index (κ3) is 4.94. The predicted molar refractivity (Wildman–Crippen MR) is 73.1 cm³/mol. The number of carbonyl (C=O) groups is 1. The zero-order chi connectivity index (χ0) is 13.5. The van der Waals surface area contributed by atoms with Crippen molar-refractivity contribution in [3.8, 4) is 0 Å². The standard InChI is InChI=1S/C14H28N2O2/c1-11(2)16(8-9-17)14(18)7-6-12-4-3-5-13(15)10-12/h11-13,17H,3-10,15H2,1-2H3. The second-order valence-electron chi connectivity index (χ2n) is 5.74. The highest BCUT2D eigenvalue weighted by molar-refractivity contribution is 5.76. The van der Waals surface area contributed by atoms with Crippen molar-refractivity contribution in [1.29, 1.82) is 0 Å². The quantitative estimate of drug-likeness (QED) is 0.757. The largest absolute Gasteiger partial charge is 0.395 e. The first-order valence-electron chi connectivity index (χ1n) is 7.20. The van der Waals surface area contributed by atoms with Gasteiger partial charge in [0.2, 0.25) is 5.91 Å². The molecule has 106 valence electrons. The Balaban J connectivity index is 2.34. The lowest BCUT2D eigenvalue weighted by Crippen LogP contribution is -2.39. The average molecular weight is 256 g/mol. The van der Waals surface area contributed by atoms with Crippen LogP contribution in [0.5, 0.6) is 0 Å². The van der Waals surface area contributed by atoms with Gasteiger partial charge in [-0.3, -0.25) is 4.79 Å². The molecule has 1 amide bonds. The molecule has 3 N–H and O–H groups in total. The lowest BCUT2D eigenvalue weighted by Gasteiger charge is -2.29. The van der Waals surface area contributed by atoms with E-state index in [0.29, 0.717) is 24.9 Å². The molecule has 0 aromatic heterocycles. The molecule has 0 saturated heterocycles. The minimum Gasteiger partial charge on any atom is -0.395 e. The lowest BCUT2D eigenvalue weighted by molar-refractivity contribution is -0.133. The fourth-order valence-corrected chi connectivity index (χ4v) is 2.84. The molecule has 4 heteroatoms. The van der Waals surface area contributed by atoms with Crippen LogP contribution < -0.4 is 5.73 Å². The van der Waals surface area contributed by atoms with Gasteiger partial charge in [0, 0.05) is 25.0 Å². The number of amides is 1. The molecule has 0 spiro atoms. The lowest BCUT2D eigenvalue weighted by atomic mass is 9.83. The smallest absolute Gasteiger partial charge is 0.222 e. The van der Waals surface area contributed by atoms with Crippen molar-refractivity contribution in [2.24, 2.45) is 11.7 Å². The molecule has 0 heterocycles. The fourth-order valence-electron chi connectivity index (χ4n) is 2.84. The van der Waals surface area contributed by atoms with E-state index in [1.165, 1.54) is 12.8 Å². The molecule has 0 radical (unpaired) electrons. The maximum absolute atomic E-state index is 12.1. The number of aliphatic hydroxyl groups is 1. The Bertz CT molecular complexity index is 256. The molecule has 18 heavy (non-hydrogen) atoms. The van der Waals surface area contributed by atoms with E-state index in [0.717, 1.165) is 19.3 Å². The van der Waals surface area contributed by atoms with Crippen LogP contribution in [0.2, 0.25) is 0 Å². The van der Waals surface area contributed by atoms with Crippen LogP contribution in [0.3, 0.4) is 0 Å². The third-order valence-electron chi connectivity index (χ3n) is 3.87. The molecule has 1 aliphatic rings. The zero-order valence-electron chi connectivity index (χ0n) is 11.8. The Kier molecular flexibility index (Phi) is 6.65. The van der Waals surface area contributed by atoms with Crippen LogP contribution in [-0.4, -0.2) is 41.1 Å². The highest BCUT2D eigenvalue weighted by Crippen LogP contribution is 2.27. The van der Waals surface area contributed by atoms with Crippen molar-refractivity contribution < 1.29 is 9.90 Å². The molecule has 1 aliphatic carbocycles. The first-order valence-corrected chi connectivity index (χ1v) is 7.20. The molecule has 0 bridgehead atoms. The third-order valence-corrected chi connectivity index (χ3v) is 3.87. The highest BCUT2D eigenvalue weighted by Gasteiger charge is 2.22. The summed E-state index contributed by atoms with van der Waals surface area (Å²) in [5.74, 6) is 0.777. The highest BCUT2D eigenvalue weighted by atomic mass is 16.3. The normalized spacial score (nSPS) is 24.3. The van der Waals surface area contributed by atoms with Gasteiger partial charge in [0.05, 0.1) is 6.61 Å². The summed E-state index contributed by atoms with van der Waals surface area (Å²) in [7, 11) is 0. The van der Waals surface area contributed by atoms with Crippen molar-refractivity contribution in [3.63, 3.8) is 0 Å². The number of aliphatic hydroxyl groups excluding tert-OH is 1. The minimum atomic E-state index is 0.0399. The van der Waals surface area contributed by atoms with Crippen molar-refractivity contribution in [2.45, 2.75) is 64.5 Å². The molecule has 2 atom stereocenters. The average Bonchev–Trinajstić information content (AvgIpc) is 2.32. The molecule has 0 aliphatic heterocycles. The van der Waals surface area contributed by atoms with Gasteiger partial charge in [-0.05, 0) is 39.0 Å². The first-order chi connectivity index (χ1) is 8.54. The van der Waals surface area contributed by atoms with E-state index in [4.69, 9.17) is 10.8 Å². The summed E-state index contributed by atoms with van der Waals surface area (Å²) in [6.07, 6.45) is 6.14. The van der Waals surface area contributed by atoms with Crippen LogP contribution in [-0.2, 0) is 4.79 Å². The Morgan fingerprint density at radius 3 is 2.72 bits per heavy atom. The second-order valence-corrected chi connectivity index (χ2v) is 5.74. The van der Waals surface area contributed by atoms with Crippen molar-refractivity contribution >= 4 is 5.91 Å². The molecule has 0 aromatic rings. The topological polar surface area (TPSA) is 66.6 Å². The van der Waals surface area contributed by atoms with E-state index in [-0.39, 0.29) is 18.6 Å². The van der Waals surface area contributed by atoms with Crippen LogP contribution in [0.25, 0.3) is 0 Å². The van der Waals surface area contributed by atoms with Gasteiger partial charge >= 0.3 is 0 Å². The van der Waals surface area contributed by atoms with Crippen molar-refractivity contribution in [3.05, 3.63) is 0 Å². The zero-order valence-corrected chi connectivity index (χ0v) is 11.8. The van der Waals surface area contributed by atoms with Gasteiger partial charge in [-0.25, -0.2) is 0 Å². The van der Waals surface area contributed by atoms with Gasteiger partial charge < -0.3 is 15.7 Å². The maximum Gasteiger partial charge on any atom is 0.222 e. The number of nitrogens with two attached hydrogens (primary N) is 1. The van der Waals surface area contributed by atoms with Crippen molar-refractivity contribution in [1.82, 2.24) is 4.90 Å². The number of rotatable bonds is 6. The summed E-state index contributed by atoms with van der Waals surface area (Å²) >= 11 is 0. The Morgan fingerprint density at radius 1 is 1.44 bits per heavy atom. The van der Waals surface area contributed by atoms with Gasteiger partial charge in [0.1, 0.15) is 0 Å². The van der Waals surface area contributed by atoms with Gasteiger partial charge in [0.15, 0.2) is 0 Å². The van der Waals surface area contributed by atoms with E-state index in [9.17, 15) is 4.79 Å². The molecule has 1 rings (SSSR count). The summed E-state index contributed by atoms with van der Waals surface area (Å²) in [4.78, 5) is 13.8. The molecule has 0 aromatic carbocycles. The monoisotopic (exact) mass is 256 g/mol. The number of hydrogen-bond acceptors (Lipinski definition) is 3. The molecular weight excluding hydrogens is 228 g/mol. The van der Waals surface area contributed by atoms with Crippen LogP contribution in [0, 0.1) is 5.92 Å². The van der Waals surface area contributed by atoms with E-state index < -0.39 is 0 Å². The predicted octanol–water partition coefficient (Wildman–Crippen LogP) is 1.51. The minimum absolute atomic E-state index is 0.0399. The first kappa shape index (κ1) is 15.4.